The van der Waals surface area contributed by atoms with Gasteiger partial charge in [-0.25, -0.2) is 14.8 Å². The van der Waals surface area contributed by atoms with E-state index >= 15 is 0 Å². The molecule has 2 saturated heterocycles. The number of halogens is 1. The lowest BCUT2D eigenvalue weighted by Gasteiger charge is -2.38. The molecule has 3 aliphatic rings. The normalized spacial score (nSPS) is 22.7. The van der Waals surface area contributed by atoms with Gasteiger partial charge >= 0.3 is 5.69 Å². The number of hydrogen-bond donors (Lipinski definition) is 1. The number of imidazole rings is 1. The second-order valence-electron chi connectivity index (χ2n) is 10.4. The molecule has 1 amide bonds. The van der Waals surface area contributed by atoms with Crippen molar-refractivity contribution >= 4 is 23.5 Å². The molecule has 2 aromatic heterocycles. The fraction of sp³-hybridized carbons (Fsp3) is 0.500. The molecule has 3 aromatic rings. The molecular weight excluding hydrogens is 520 g/mol. The number of carbonyl (C=O) groups is 1. The van der Waals surface area contributed by atoms with Crippen molar-refractivity contribution in [3.8, 4) is 17.1 Å². The molecular formula is C28H33ClN6O4. The molecule has 1 aromatic carbocycles. The zero-order chi connectivity index (χ0) is 26.8. The highest BCUT2D eigenvalue weighted by molar-refractivity contribution is 6.30. The molecule has 0 radical (unpaired) electrons. The van der Waals surface area contributed by atoms with Gasteiger partial charge in [-0.05, 0) is 62.8 Å². The Morgan fingerprint density at radius 2 is 1.77 bits per heavy atom. The predicted molar refractivity (Wildman–Crippen MR) is 147 cm³/mol. The van der Waals surface area contributed by atoms with Crippen LogP contribution < -0.4 is 11.0 Å². The molecule has 2 aliphatic heterocycles. The quantitative estimate of drug-likeness (QED) is 0.497. The van der Waals surface area contributed by atoms with E-state index in [1.165, 1.54) is 0 Å². The molecule has 3 fully saturated rings. The molecule has 1 N–H and O–H groups in total. The summed E-state index contributed by atoms with van der Waals surface area (Å²) in [6.45, 7) is 2.75. The van der Waals surface area contributed by atoms with E-state index in [9.17, 15) is 9.59 Å². The minimum Gasteiger partial charge on any atom is -0.381 e. The topological polar surface area (TPSA) is 104 Å². The third-order valence-corrected chi connectivity index (χ3v) is 8.21. The van der Waals surface area contributed by atoms with Crippen LogP contribution in [0.3, 0.4) is 0 Å². The number of rotatable bonds is 6. The van der Waals surface area contributed by atoms with Crippen LogP contribution in [0.2, 0.25) is 5.02 Å². The van der Waals surface area contributed by atoms with Gasteiger partial charge in [-0.2, -0.15) is 0 Å². The fourth-order valence-corrected chi connectivity index (χ4v) is 6.12. The van der Waals surface area contributed by atoms with Crippen LogP contribution in [0.5, 0.6) is 0 Å². The fourth-order valence-electron chi connectivity index (χ4n) is 5.94. The first-order valence-electron chi connectivity index (χ1n) is 13.7. The van der Waals surface area contributed by atoms with Crippen LogP contribution >= 0.6 is 11.6 Å². The number of nitrogens with one attached hydrogen (secondary N) is 1. The summed E-state index contributed by atoms with van der Waals surface area (Å²) in [5, 5.41) is 4.06. The second-order valence-corrected chi connectivity index (χ2v) is 10.9. The molecule has 0 spiro atoms. The minimum absolute atomic E-state index is 0.0680. The highest BCUT2D eigenvalue weighted by atomic mass is 35.5. The number of benzene rings is 1. The van der Waals surface area contributed by atoms with Crippen molar-refractivity contribution in [2.24, 2.45) is 0 Å². The van der Waals surface area contributed by atoms with Crippen molar-refractivity contribution in [1.82, 2.24) is 24.0 Å². The van der Waals surface area contributed by atoms with Gasteiger partial charge in [0.25, 0.3) is 0 Å². The lowest BCUT2D eigenvalue weighted by molar-refractivity contribution is -0.146. The first-order valence-corrected chi connectivity index (χ1v) is 14.1. The smallest absolute Gasteiger partial charge is 0.333 e. The maximum atomic E-state index is 13.7. The van der Waals surface area contributed by atoms with Gasteiger partial charge in [0, 0.05) is 55.3 Å². The predicted octanol–water partition coefficient (Wildman–Crippen LogP) is 3.68. The number of ether oxygens (including phenoxy) is 2. The number of anilines is 1. The standard InChI is InChI=1S/C28H33ClN6O4/c29-19-2-1-3-23(16-19)35-25(17-34(28(35)37)22-9-13-38-14-10-22)24-8-11-30-27(32-24)31-20-4-6-21(7-5-20)33-12-15-39-18-26(33)36/h1-3,8,11,16-17,20-22H,4-7,9-10,12-15,18H2,(H,30,31,32). The summed E-state index contributed by atoms with van der Waals surface area (Å²) in [6, 6.07) is 9.68. The van der Waals surface area contributed by atoms with Crippen molar-refractivity contribution < 1.29 is 14.3 Å². The number of nitrogens with zero attached hydrogens (tertiary/aromatic N) is 5. The Balaban J connectivity index is 1.24. The number of carbonyl (C=O) groups excluding carboxylic acids is 1. The minimum atomic E-state index is -0.122. The molecule has 11 heteroatoms. The highest BCUT2D eigenvalue weighted by Crippen LogP contribution is 2.29. The maximum Gasteiger partial charge on any atom is 0.333 e. The molecule has 1 aliphatic carbocycles. The molecule has 1 saturated carbocycles. The molecule has 0 bridgehead atoms. The van der Waals surface area contributed by atoms with E-state index < -0.39 is 0 Å². The zero-order valence-electron chi connectivity index (χ0n) is 21.8. The summed E-state index contributed by atoms with van der Waals surface area (Å²) < 4.78 is 14.3. The lowest BCUT2D eigenvalue weighted by Crippen LogP contribution is -2.49. The summed E-state index contributed by atoms with van der Waals surface area (Å²) in [5.74, 6) is 0.620. The number of aromatic nitrogens is 4. The number of amides is 1. The van der Waals surface area contributed by atoms with Gasteiger partial charge in [0.15, 0.2) is 0 Å². The Labute approximate surface area is 231 Å². The van der Waals surface area contributed by atoms with Crippen LogP contribution in [0.25, 0.3) is 17.1 Å². The molecule has 0 atom stereocenters. The van der Waals surface area contributed by atoms with Crippen molar-refractivity contribution in [2.75, 3.05) is 38.3 Å². The van der Waals surface area contributed by atoms with E-state index in [4.69, 9.17) is 26.1 Å². The van der Waals surface area contributed by atoms with Gasteiger partial charge in [-0.15, -0.1) is 0 Å². The van der Waals surface area contributed by atoms with Gasteiger partial charge in [-0.1, -0.05) is 17.7 Å². The Morgan fingerprint density at radius 1 is 0.949 bits per heavy atom. The molecule has 10 nitrogen and oxygen atoms in total. The molecule has 0 unspecified atom stereocenters. The monoisotopic (exact) mass is 552 g/mol. The van der Waals surface area contributed by atoms with Crippen LogP contribution in [-0.4, -0.2) is 75.0 Å². The number of morpholine rings is 1. The van der Waals surface area contributed by atoms with E-state index in [-0.39, 0.29) is 36.3 Å². The van der Waals surface area contributed by atoms with Crippen LogP contribution in [0.4, 0.5) is 5.95 Å². The average Bonchev–Trinajstić information content (AvgIpc) is 3.31. The van der Waals surface area contributed by atoms with Gasteiger partial charge < -0.3 is 19.7 Å². The SMILES string of the molecule is O=C1COCCN1C1CCC(Nc2nccc(-c3cn(C4CCOCC4)c(=O)n3-c3cccc(Cl)c3)n2)CC1. The summed E-state index contributed by atoms with van der Waals surface area (Å²) in [6.07, 6.45) is 8.92. The average molecular weight is 553 g/mol. The number of hydrogen-bond acceptors (Lipinski definition) is 7. The Hall–Kier alpha value is -3.21. The van der Waals surface area contributed by atoms with Gasteiger partial charge in [0.2, 0.25) is 11.9 Å². The molecule has 4 heterocycles. The van der Waals surface area contributed by atoms with E-state index in [0.717, 1.165) is 38.5 Å². The van der Waals surface area contributed by atoms with E-state index in [0.29, 0.717) is 54.4 Å². The van der Waals surface area contributed by atoms with Gasteiger partial charge in [0.1, 0.15) is 6.61 Å². The summed E-state index contributed by atoms with van der Waals surface area (Å²) in [7, 11) is 0. The Kier molecular flexibility index (Phi) is 7.67. The lowest BCUT2D eigenvalue weighted by atomic mass is 9.90. The zero-order valence-corrected chi connectivity index (χ0v) is 22.6. The van der Waals surface area contributed by atoms with Crippen LogP contribution in [0, 0.1) is 0 Å². The van der Waals surface area contributed by atoms with Crippen LogP contribution in [0.15, 0.2) is 47.5 Å². The molecule has 6 rings (SSSR count). The van der Waals surface area contributed by atoms with Crippen molar-refractivity contribution in [3.05, 3.63) is 58.2 Å². The maximum absolute atomic E-state index is 13.7. The van der Waals surface area contributed by atoms with Crippen molar-refractivity contribution in [2.45, 2.75) is 56.7 Å². The van der Waals surface area contributed by atoms with Crippen LogP contribution in [0.1, 0.15) is 44.6 Å². The van der Waals surface area contributed by atoms with E-state index in [1.807, 2.05) is 33.9 Å². The van der Waals surface area contributed by atoms with Crippen LogP contribution in [-0.2, 0) is 14.3 Å². The van der Waals surface area contributed by atoms with E-state index in [1.54, 1.807) is 22.9 Å². The van der Waals surface area contributed by atoms with E-state index in [2.05, 4.69) is 10.3 Å². The summed E-state index contributed by atoms with van der Waals surface area (Å²) >= 11 is 6.30. The largest absolute Gasteiger partial charge is 0.381 e. The van der Waals surface area contributed by atoms with Gasteiger partial charge in [-0.3, -0.25) is 13.9 Å². The third kappa shape index (κ3) is 5.59. The molecule has 39 heavy (non-hydrogen) atoms. The first kappa shape index (κ1) is 26.0. The Bertz CT molecular complexity index is 1380. The summed E-state index contributed by atoms with van der Waals surface area (Å²) in [5.41, 5.74) is 1.91. The second kappa shape index (κ2) is 11.5. The third-order valence-electron chi connectivity index (χ3n) is 7.98. The van der Waals surface area contributed by atoms with Crippen molar-refractivity contribution in [1.29, 1.82) is 0 Å². The molecule has 206 valence electrons. The Morgan fingerprint density at radius 3 is 2.54 bits per heavy atom. The van der Waals surface area contributed by atoms with Gasteiger partial charge in [0.05, 0.1) is 23.7 Å². The highest BCUT2D eigenvalue weighted by Gasteiger charge is 2.31. The van der Waals surface area contributed by atoms with Crippen molar-refractivity contribution in [3.63, 3.8) is 0 Å². The summed E-state index contributed by atoms with van der Waals surface area (Å²) in [4.78, 5) is 37.2. The first-order chi connectivity index (χ1) is 19.1.